The molecule has 1 saturated heterocycles. The van der Waals surface area contributed by atoms with Crippen molar-refractivity contribution in [3.63, 3.8) is 0 Å². The molecule has 3 atom stereocenters. The number of halogens is 1. The lowest BCUT2D eigenvalue weighted by atomic mass is 9.75. The number of guanidine groups is 1. The standard InChI is InChI=1S/C17H34N4O2S.HI/c1-5-18-16(20-15-8-10-24(22,23)12-15)19-13-17(21(3)4)9-6-7-14(2)11-17;/h14-15H,5-13H2,1-4H3,(H2,18,19,20);1H. The number of rotatable bonds is 5. The van der Waals surface area contributed by atoms with Gasteiger partial charge in [-0.2, -0.15) is 0 Å². The highest BCUT2D eigenvalue weighted by Gasteiger charge is 2.37. The summed E-state index contributed by atoms with van der Waals surface area (Å²) in [5.41, 5.74) is 0.113. The Bertz CT molecular complexity index is 553. The lowest BCUT2D eigenvalue weighted by Gasteiger charge is -2.44. The van der Waals surface area contributed by atoms with Crippen molar-refractivity contribution >= 4 is 39.8 Å². The first kappa shape index (κ1) is 23.0. The van der Waals surface area contributed by atoms with Crippen molar-refractivity contribution in [2.45, 2.75) is 57.5 Å². The van der Waals surface area contributed by atoms with Crippen molar-refractivity contribution in [1.82, 2.24) is 15.5 Å². The summed E-state index contributed by atoms with van der Waals surface area (Å²) in [6.45, 7) is 5.89. The summed E-state index contributed by atoms with van der Waals surface area (Å²) < 4.78 is 23.3. The van der Waals surface area contributed by atoms with Gasteiger partial charge in [0.15, 0.2) is 15.8 Å². The number of sulfone groups is 1. The summed E-state index contributed by atoms with van der Waals surface area (Å²) >= 11 is 0. The SMILES string of the molecule is CCNC(=NCC1(N(C)C)CCCC(C)C1)NC1CCS(=O)(=O)C1.I. The summed E-state index contributed by atoms with van der Waals surface area (Å²) in [4.78, 5) is 7.16. The van der Waals surface area contributed by atoms with Gasteiger partial charge in [0.25, 0.3) is 0 Å². The topological polar surface area (TPSA) is 73.8 Å². The molecule has 25 heavy (non-hydrogen) atoms. The molecular formula is C17H35IN4O2S. The van der Waals surface area contributed by atoms with Gasteiger partial charge < -0.3 is 15.5 Å². The van der Waals surface area contributed by atoms with Gasteiger partial charge in [0.1, 0.15) is 0 Å². The van der Waals surface area contributed by atoms with Gasteiger partial charge in [-0.25, -0.2) is 8.42 Å². The smallest absolute Gasteiger partial charge is 0.191 e. The maximum absolute atomic E-state index is 11.7. The Balaban J connectivity index is 0.00000312. The van der Waals surface area contributed by atoms with E-state index < -0.39 is 9.84 Å². The first-order valence-electron chi connectivity index (χ1n) is 9.19. The van der Waals surface area contributed by atoms with Crippen LogP contribution in [0.1, 0.15) is 46.0 Å². The third kappa shape index (κ3) is 6.53. The summed E-state index contributed by atoms with van der Waals surface area (Å²) in [7, 11) is 1.42. The van der Waals surface area contributed by atoms with E-state index in [4.69, 9.17) is 4.99 Å². The summed E-state index contributed by atoms with van der Waals surface area (Å²) in [6, 6.07) is -0.0200. The van der Waals surface area contributed by atoms with E-state index in [0.29, 0.717) is 6.42 Å². The van der Waals surface area contributed by atoms with Gasteiger partial charge in [-0.05, 0) is 46.2 Å². The minimum Gasteiger partial charge on any atom is -0.357 e. The van der Waals surface area contributed by atoms with Gasteiger partial charge in [-0.3, -0.25) is 4.99 Å². The molecule has 3 unspecified atom stereocenters. The van der Waals surface area contributed by atoms with Gasteiger partial charge in [0.05, 0.1) is 18.1 Å². The second-order valence-corrected chi connectivity index (χ2v) is 9.99. The van der Waals surface area contributed by atoms with Crippen LogP contribution in [-0.4, -0.2) is 69.5 Å². The highest BCUT2D eigenvalue weighted by molar-refractivity contribution is 14.0. The Kier molecular flexibility index (Phi) is 8.93. The maximum atomic E-state index is 11.7. The zero-order valence-electron chi connectivity index (χ0n) is 16.0. The zero-order valence-corrected chi connectivity index (χ0v) is 19.2. The molecule has 0 aromatic carbocycles. The molecule has 2 N–H and O–H groups in total. The van der Waals surface area contributed by atoms with Crippen LogP contribution in [0.15, 0.2) is 4.99 Å². The van der Waals surface area contributed by atoms with Gasteiger partial charge in [-0.15, -0.1) is 24.0 Å². The molecule has 1 heterocycles. The molecule has 6 nitrogen and oxygen atoms in total. The molecule has 2 rings (SSSR count). The van der Waals surface area contributed by atoms with Crippen molar-refractivity contribution in [3.05, 3.63) is 0 Å². The molecule has 0 amide bonds. The van der Waals surface area contributed by atoms with Crippen molar-refractivity contribution < 1.29 is 8.42 Å². The molecule has 148 valence electrons. The molecule has 1 aliphatic heterocycles. The third-order valence-corrected chi connectivity index (χ3v) is 7.23. The fraction of sp³-hybridized carbons (Fsp3) is 0.941. The largest absolute Gasteiger partial charge is 0.357 e. The summed E-state index contributed by atoms with van der Waals surface area (Å²) in [6.07, 6.45) is 5.56. The van der Waals surface area contributed by atoms with E-state index in [9.17, 15) is 8.42 Å². The van der Waals surface area contributed by atoms with Crippen LogP contribution < -0.4 is 10.6 Å². The van der Waals surface area contributed by atoms with Crippen molar-refractivity contribution in [3.8, 4) is 0 Å². The van der Waals surface area contributed by atoms with E-state index in [2.05, 4.69) is 36.6 Å². The highest BCUT2D eigenvalue weighted by Crippen LogP contribution is 2.35. The van der Waals surface area contributed by atoms with E-state index in [0.717, 1.165) is 25.0 Å². The lowest BCUT2D eigenvalue weighted by Crippen LogP contribution is -2.51. The molecule has 0 bridgehead atoms. The molecule has 0 radical (unpaired) electrons. The molecule has 2 fully saturated rings. The second-order valence-electron chi connectivity index (χ2n) is 7.76. The minimum absolute atomic E-state index is 0. The Morgan fingerprint density at radius 1 is 1.32 bits per heavy atom. The number of hydrogen-bond acceptors (Lipinski definition) is 4. The van der Waals surface area contributed by atoms with Gasteiger partial charge in [0.2, 0.25) is 0 Å². The monoisotopic (exact) mass is 486 g/mol. The molecule has 2 aliphatic rings. The number of aliphatic imine (C=N–C) groups is 1. The fourth-order valence-corrected chi connectivity index (χ4v) is 5.65. The van der Waals surface area contributed by atoms with Crippen molar-refractivity contribution in [2.24, 2.45) is 10.9 Å². The van der Waals surface area contributed by atoms with Crippen LogP contribution in [-0.2, 0) is 9.84 Å². The summed E-state index contributed by atoms with van der Waals surface area (Å²) in [5, 5.41) is 6.59. The van der Waals surface area contributed by atoms with Crippen LogP contribution >= 0.6 is 24.0 Å². The van der Waals surface area contributed by atoms with Gasteiger partial charge in [0, 0.05) is 18.1 Å². The molecule has 0 spiro atoms. The van der Waals surface area contributed by atoms with Crippen LogP contribution in [0.5, 0.6) is 0 Å². The van der Waals surface area contributed by atoms with Crippen LogP contribution in [0.3, 0.4) is 0 Å². The second kappa shape index (κ2) is 9.73. The molecule has 0 aromatic heterocycles. The average Bonchev–Trinajstić information content (AvgIpc) is 2.84. The van der Waals surface area contributed by atoms with Crippen LogP contribution in [0.25, 0.3) is 0 Å². The van der Waals surface area contributed by atoms with Crippen LogP contribution in [0.4, 0.5) is 0 Å². The van der Waals surface area contributed by atoms with E-state index in [1.807, 2.05) is 6.92 Å². The third-order valence-electron chi connectivity index (χ3n) is 5.47. The molecule has 0 aromatic rings. The zero-order chi connectivity index (χ0) is 17.8. The average molecular weight is 486 g/mol. The number of hydrogen-bond donors (Lipinski definition) is 2. The van der Waals surface area contributed by atoms with Gasteiger partial charge >= 0.3 is 0 Å². The minimum atomic E-state index is -2.88. The normalized spacial score (nSPS) is 32.3. The van der Waals surface area contributed by atoms with E-state index in [1.165, 1.54) is 25.7 Å². The number of nitrogens with zero attached hydrogens (tertiary/aromatic N) is 2. The Labute approximate surface area is 170 Å². The first-order chi connectivity index (χ1) is 11.3. The van der Waals surface area contributed by atoms with Crippen LogP contribution in [0, 0.1) is 5.92 Å². The lowest BCUT2D eigenvalue weighted by molar-refractivity contribution is 0.0845. The Morgan fingerprint density at radius 3 is 2.56 bits per heavy atom. The van der Waals surface area contributed by atoms with E-state index in [-0.39, 0.29) is 47.1 Å². The van der Waals surface area contributed by atoms with E-state index in [1.54, 1.807) is 0 Å². The van der Waals surface area contributed by atoms with E-state index >= 15 is 0 Å². The molecule has 1 aliphatic carbocycles. The number of nitrogens with one attached hydrogen (secondary N) is 2. The van der Waals surface area contributed by atoms with Crippen molar-refractivity contribution in [1.29, 1.82) is 0 Å². The molecular weight excluding hydrogens is 451 g/mol. The first-order valence-corrected chi connectivity index (χ1v) is 11.0. The maximum Gasteiger partial charge on any atom is 0.191 e. The fourth-order valence-electron chi connectivity index (χ4n) is 3.97. The Morgan fingerprint density at radius 2 is 2.04 bits per heavy atom. The highest BCUT2D eigenvalue weighted by atomic mass is 127. The quantitative estimate of drug-likeness (QED) is 0.353. The van der Waals surface area contributed by atoms with Crippen molar-refractivity contribution in [2.75, 3.05) is 38.7 Å². The Hall–Kier alpha value is -0.0900. The van der Waals surface area contributed by atoms with Gasteiger partial charge in [-0.1, -0.05) is 19.8 Å². The molecule has 8 heteroatoms. The predicted molar refractivity (Wildman–Crippen MR) is 116 cm³/mol. The van der Waals surface area contributed by atoms with Crippen LogP contribution in [0.2, 0.25) is 0 Å². The molecule has 1 saturated carbocycles. The number of likely N-dealkylation sites (N-methyl/N-ethyl adjacent to an activating group) is 1. The predicted octanol–water partition coefficient (Wildman–Crippen LogP) is 1.86. The summed E-state index contributed by atoms with van der Waals surface area (Å²) in [5.74, 6) is 1.97.